The van der Waals surface area contributed by atoms with Gasteiger partial charge in [0.15, 0.2) is 6.10 Å². The highest BCUT2D eigenvalue weighted by molar-refractivity contribution is 7.86. The van der Waals surface area contributed by atoms with E-state index >= 15 is 0 Å². The molecule has 9 heteroatoms. The highest BCUT2D eigenvalue weighted by Gasteiger charge is 2.18. The topological polar surface area (TPSA) is 119 Å². The van der Waals surface area contributed by atoms with Crippen LogP contribution in [-0.4, -0.2) is 44.4 Å². The van der Waals surface area contributed by atoms with Crippen molar-refractivity contribution in [3.8, 4) is 5.75 Å². The zero-order valence-corrected chi connectivity index (χ0v) is 21.4. The number of carboxylic acid groups (broad SMARTS) is 1. The Labute approximate surface area is 216 Å². The van der Waals surface area contributed by atoms with Gasteiger partial charge in [0.05, 0.1) is 6.26 Å². The van der Waals surface area contributed by atoms with Gasteiger partial charge in [-0.15, -0.1) is 0 Å². The number of ether oxygens (including phenoxy) is 1. The fraction of sp³-hybridized carbons (Fsp3) is 0.214. The second-order valence-corrected chi connectivity index (χ2v) is 9.83. The Morgan fingerprint density at radius 2 is 1.68 bits per heavy atom. The molecule has 0 aliphatic heterocycles. The zero-order valence-electron chi connectivity index (χ0n) is 20.6. The molecule has 37 heavy (non-hydrogen) atoms. The summed E-state index contributed by atoms with van der Waals surface area (Å²) < 4.78 is 32.5. The Kier molecular flexibility index (Phi) is 9.59. The maximum Gasteiger partial charge on any atom is 0.333 e. The lowest BCUT2D eigenvalue weighted by molar-refractivity contribution is -0.149. The fourth-order valence-electron chi connectivity index (χ4n) is 3.61. The van der Waals surface area contributed by atoms with Crippen LogP contribution in [0.3, 0.4) is 0 Å². The predicted octanol–water partition coefficient (Wildman–Crippen LogP) is 4.57. The molecular weight excluding hydrogens is 494 g/mol. The second-order valence-electron chi connectivity index (χ2n) is 8.26. The molecule has 1 unspecified atom stereocenters. The standard InChI is InChI=1S/C28H29NO7S/c1-3-35-26(28(31)32)19-21-11-15-23(16-12-21)29-27(30)25-10-5-4-8-22(25)9-6-7-20-13-17-24(18-14-20)36-37(2,33)34/h4-8,10-18,26H,3,9,19H2,1-2H3,(H,29,30)(H,31,32)/b7-6+. The van der Waals surface area contributed by atoms with Crippen molar-refractivity contribution in [1.29, 1.82) is 0 Å². The maximum atomic E-state index is 13.0. The number of hydrogen-bond donors (Lipinski definition) is 2. The van der Waals surface area contributed by atoms with Crippen molar-refractivity contribution in [3.63, 3.8) is 0 Å². The molecular formula is C28H29NO7S. The van der Waals surface area contributed by atoms with Crippen molar-refractivity contribution in [2.75, 3.05) is 18.2 Å². The first-order valence-corrected chi connectivity index (χ1v) is 13.4. The zero-order chi connectivity index (χ0) is 26.8. The van der Waals surface area contributed by atoms with E-state index in [0.717, 1.165) is 22.9 Å². The number of carboxylic acids is 1. The molecule has 3 aromatic rings. The predicted molar refractivity (Wildman–Crippen MR) is 142 cm³/mol. The van der Waals surface area contributed by atoms with Crippen molar-refractivity contribution in [2.24, 2.45) is 0 Å². The number of carbonyl (C=O) groups excluding carboxylic acids is 1. The number of aliphatic carboxylic acids is 1. The SMILES string of the molecule is CCOC(Cc1ccc(NC(=O)c2ccccc2C/C=C/c2ccc(OS(C)(=O)=O)cc2)cc1)C(=O)O. The number of anilines is 1. The van der Waals surface area contributed by atoms with Crippen LogP contribution >= 0.6 is 0 Å². The summed E-state index contributed by atoms with van der Waals surface area (Å²) in [5.74, 6) is -1.02. The molecule has 0 bridgehead atoms. The van der Waals surface area contributed by atoms with E-state index in [-0.39, 0.29) is 18.1 Å². The first-order chi connectivity index (χ1) is 17.6. The molecule has 8 nitrogen and oxygen atoms in total. The minimum atomic E-state index is -3.57. The Balaban J connectivity index is 1.62. The summed E-state index contributed by atoms with van der Waals surface area (Å²) in [5.41, 5.74) is 3.62. The molecule has 0 aromatic heterocycles. The number of allylic oxidation sites excluding steroid dienone is 1. The van der Waals surface area contributed by atoms with E-state index < -0.39 is 22.2 Å². The van der Waals surface area contributed by atoms with Crippen molar-refractivity contribution in [3.05, 3.63) is 101 Å². The molecule has 0 fully saturated rings. The van der Waals surface area contributed by atoms with Gasteiger partial charge in [-0.05, 0) is 60.4 Å². The summed E-state index contributed by atoms with van der Waals surface area (Å²) in [7, 11) is -3.57. The first-order valence-electron chi connectivity index (χ1n) is 11.6. The van der Waals surface area contributed by atoms with Crippen molar-refractivity contribution < 1.29 is 32.0 Å². The van der Waals surface area contributed by atoms with E-state index in [0.29, 0.717) is 24.3 Å². The van der Waals surface area contributed by atoms with Crippen LogP contribution < -0.4 is 9.50 Å². The Hall–Kier alpha value is -3.95. The average molecular weight is 524 g/mol. The van der Waals surface area contributed by atoms with Crippen LogP contribution in [0.25, 0.3) is 6.08 Å². The Morgan fingerprint density at radius 3 is 2.30 bits per heavy atom. The van der Waals surface area contributed by atoms with Gasteiger partial charge in [0.25, 0.3) is 5.91 Å². The molecule has 1 amide bonds. The van der Waals surface area contributed by atoms with Gasteiger partial charge < -0.3 is 19.3 Å². The smallest absolute Gasteiger partial charge is 0.333 e. The third-order valence-corrected chi connectivity index (χ3v) is 5.81. The van der Waals surface area contributed by atoms with Gasteiger partial charge in [-0.25, -0.2) is 4.79 Å². The molecule has 3 aromatic carbocycles. The van der Waals surface area contributed by atoms with Crippen molar-refractivity contribution >= 4 is 33.8 Å². The van der Waals surface area contributed by atoms with Gasteiger partial charge in [-0.1, -0.05) is 54.6 Å². The van der Waals surface area contributed by atoms with E-state index in [4.69, 9.17) is 8.92 Å². The van der Waals surface area contributed by atoms with Gasteiger partial charge >= 0.3 is 16.1 Å². The van der Waals surface area contributed by atoms with E-state index in [1.807, 2.05) is 24.3 Å². The number of carbonyl (C=O) groups is 2. The van der Waals surface area contributed by atoms with Gasteiger partial charge in [-0.2, -0.15) is 8.42 Å². The quantitative estimate of drug-likeness (QED) is 0.334. The van der Waals surface area contributed by atoms with E-state index in [1.54, 1.807) is 67.6 Å². The van der Waals surface area contributed by atoms with E-state index in [9.17, 15) is 23.1 Å². The molecule has 0 heterocycles. The minimum Gasteiger partial charge on any atom is -0.479 e. The van der Waals surface area contributed by atoms with Crippen LogP contribution in [0.2, 0.25) is 0 Å². The lowest BCUT2D eigenvalue weighted by atomic mass is 10.0. The van der Waals surface area contributed by atoms with Crippen LogP contribution in [-0.2, 0) is 32.5 Å². The fourth-order valence-corrected chi connectivity index (χ4v) is 4.07. The first kappa shape index (κ1) is 27.6. The van der Waals surface area contributed by atoms with Crippen LogP contribution in [0.15, 0.2) is 78.9 Å². The molecule has 1 atom stereocenters. The summed E-state index contributed by atoms with van der Waals surface area (Å²) in [6.07, 6.45) is 4.63. The number of hydrogen-bond acceptors (Lipinski definition) is 6. The summed E-state index contributed by atoms with van der Waals surface area (Å²) in [6, 6.07) is 20.9. The molecule has 0 spiro atoms. The van der Waals surface area contributed by atoms with Crippen molar-refractivity contribution in [2.45, 2.75) is 25.9 Å². The molecule has 0 radical (unpaired) electrons. The third kappa shape index (κ3) is 8.89. The van der Waals surface area contributed by atoms with E-state index in [2.05, 4.69) is 5.32 Å². The lowest BCUT2D eigenvalue weighted by Gasteiger charge is -2.13. The maximum absolute atomic E-state index is 13.0. The van der Waals surface area contributed by atoms with Gasteiger partial charge in [0.1, 0.15) is 5.75 Å². The minimum absolute atomic E-state index is 0.236. The summed E-state index contributed by atoms with van der Waals surface area (Å²) in [5, 5.41) is 12.1. The summed E-state index contributed by atoms with van der Waals surface area (Å²) >= 11 is 0. The highest BCUT2D eigenvalue weighted by Crippen LogP contribution is 2.18. The molecule has 194 valence electrons. The van der Waals surface area contributed by atoms with Gasteiger partial charge in [-0.3, -0.25) is 4.79 Å². The third-order valence-electron chi connectivity index (χ3n) is 5.31. The number of benzene rings is 3. The monoisotopic (exact) mass is 523 g/mol. The van der Waals surface area contributed by atoms with Gasteiger partial charge in [0, 0.05) is 24.3 Å². The Morgan fingerprint density at radius 1 is 1.00 bits per heavy atom. The number of rotatable bonds is 12. The largest absolute Gasteiger partial charge is 0.479 e. The molecule has 3 rings (SSSR count). The van der Waals surface area contributed by atoms with Crippen molar-refractivity contribution in [1.82, 2.24) is 0 Å². The molecule has 0 saturated carbocycles. The van der Waals surface area contributed by atoms with Crippen LogP contribution in [0.1, 0.15) is 34.0 Å². The highest BCUT2D eigenvalue weighted by atomic mass is 32.2. The number of nitrogens with one attached hydrogen (secondary N) is 1. The number of amides is 1. The second kappa shape index (κ2) is 12.8. The summed E-state index contributed by atoms with van der Waals surface area (Å²) in [4.78, 5) is 24.3. The molecule has 0 saturated heterocycles. The average Bonchev–Trinajstić information content (AvgIpc) is 2.85. The normalized spacial score (nSPS) is 12.3. The summed E-state index contributed by atoms with van der Waals surface area (Å²) in [6.45, 7) is 2.06. The van der Waals surface area contributed by atoms with Crippen LogP contribution in [0.4, 0.5) is 5.69 Å². The van der Waals surface area contributed by atoms with Crippen LogP contribution in [0.5, 0.6) is 5.75 Å². The molecule has 0 aliphatic rings. The van der Waals surface area contributed by atoms with Gasteiger partial charge in [0.2, 0.25) is 0 Å². The Bertz CT molecular complexity index is 1350. The van der Waals surface area contributed by atoms with E-state index in [1.165, 1.54) is 0 Å². The molecule has 0 aliphatic carbocycles. The molecule has 2 N–H and O–H groups in total. The van der Waals surface area contributed by atoms with Crippen LogP contribution in [0, 0.1) is 0 Å². The lowest BCUT2D eigenvalue weighted by Crippen LogP contribution is -2.26.